The molecule has 1 fully saturated rings. The van der Waals surface area contributed by atoms with Crippen LogP contribution in [0.5, 0.6) is 0 Å². The first kappa shape index (κ1) is 14.0. The highest BCUT2D eigenvalue weighted by molar-refractivity contribution is 9.10. The molecule has 0 bridgehead atoms. The van der Waals surface area contributed by atoms with Gasteiger partial charge in [0.15, 0.2) is 0 Å². The second-order valence-corrected chi connectivity index (χ2v) is 5.97. The van der Waals surface area contributed by atoms with Gasteiger partial charge in [0.2, 0.25) is 0 Å². The van der Waals surface area contributed by atoms with Crippen LogP contribution in [0.2, 0.25) is 0 Å². The van der Waals surface area contributed by atoms with E-state index in [1.807, 2.05) is 0 Å². The Kier molecular flexibility index (Phi) is 5.15. The van der Waals surface area contributed by atoms with E-state index in [4.69, 9.17) is 0 Å². The minimum Gasteiger partial charge on any atom is -0.393 e. The molecule has 0 aromatic heterocycles. The Morgan fingerprint density at radius 2 is 2.22 bits per heavy atom. The predicted octanol–water partition coefficient (Wildman–Crippen LogP) is 3.23. The number of benzene rings is 1. The zero-order valence-electron chi connectivity index (χ0n) is 10.3. The monoisotopic (exact) mass is 315 g/mol. The lowest BCUT2D eigenvalue weighted by atomic mass is 9.87. The molecule has 1 aliphatic rings. The Balaban J connectivity index is 1.79. The number of halogens is 2. The van der Waals surface area contributed by atoms with Crippen molar-refractivity contribution in [3.63, 3.8) is 0 Å². The summed E-state index contributed by atoms with van der Waals surface area (Å²) in [5.41, 5.74) is 0.681. The van der Waals surface area contributed by atoms with Crippen molar-refractivity contribution in [2.45, 2.75) is 38.3 Å². The third kappa shape index (κ3) is 4.04. The molecule has 2 unspecified atom stereocenters. The van der Waals surface area contributed by atoms with E-state index < -0.39 is 0 Å². The molecule has 2 nitrogen and oxygen atoms in total. The maximum atomic E-state index is 13.5. The summed E-state index contributed by atoms with van der Waals surface area (Å²) in [6, 6.07) is 4.99. The molecular weight excluding hydrogens is 297 g/mol. The lowest BCUT2D eigenvalue weighted by molar-refractivity contribution is 0.101. The summed E-state index contributed by atoms with van der Waals surface area (Å²) in [6.07, 6.45) is 3.90. The maximum absolute atomic E-state index is 13.5. The minimum absolute atomic E-state index is 0.145. The molecule has 4 heteroatoms. The third-order valence-corrected chi connectivity index (χ3v) is 4.00. The zero-order chi connectivity index (χ0) is 13.0. The van der Waals surface area contributed by atoms with Gasteiger partial charge in [-0.05, 0) is 49.9 Å². The Hall–Kier alpha value is -0.450. The third-order valence-electron chi connectivity index (χ3n) is 3.51. The number of aliphatic hydroxyl groups is 1. The van der Waals surface area contributed by atoms with Crippen molar-refractivity contribution < 1.29 is 9.50 Å². The first-order chi connectivity index (χ1) is 8.65. The van der Waals surface area contributed by atoms with E-state index in [-0.39, 0.29) is 11.9 Å². The van der Waals surface area contributed by atoms with Crippen molar-refractivity contribution in [3.05, 3.63) is 34.1 Å². The van der Waals surface area contributed by atoms with Gasteiger partial charge in [-0.3, -0.25) is 0 Å². The Morgan fingerprint density at radius 3 is 3.00 bits per heavy atom. The van der Waals surface area contributed by atoms with E-state index in [0.29, 0.717) is 18.0 Å². The average molecular weight is 316 g/mol. The minimum atomic E-state index is -0.172. The van der Waals surface area contributed by atoms with Crippen LogP contribution in [0.4, 0.5) is 4.39 Å². The summed E-state index contributed by atoms with van der Waals surface area (Å²) >= 11 is 3.35. The lowest BCUT2D eigenvalue weighted by Gasteiger charge is -2.26. The van der Waals surface area contributed by atoms with Gasteiger partial charge in [-0.2, -0.15) is 0 Å². The topological polar surface area (TPSA) is 32.3 Å². The van der Waals surface area contributed by atoms with Gasteiger partial charge in [0.25, 0.3) is 0 Å². The van der Waals surface area contributed by atoms with Crippen LogP contribution in [0.15, 0.2) is 22.7 Å². The highest BCUT2D eigenvalue weighted by Gasteiger charge is 2.19. The molecule has 0 heterocycles. The van der Waals surface area contributed by atoms with E-state index >= 15 is 0 Å². The van der Waals surface area contributed by atoms with Crippen LogP contribution < -0.4 is 5.32 Å². The molecule has 1 aromatic carbocycles. The first-order valence-electron chi connectivity index (χ1n) is 6.48. The van der Waals surface area contributed by atoms with E-state index in [2.05, 4.69) is 21.2 Å². The smallest absolute Gasteiger partial charge is 0.127 e. The molecule has 0 amide bonds. The van der Waals surface area contributed by atoms with Gasteiger partial charge in [0, 0.05) is 16.6 Å². The second kappa shape index (κ2) is 6.64. The molecule has 2 N–H and O–H groups in total. The first-order valence-corrected chi connectivity index (χ1v) is 7.27. The summed E-state index contributed by atoms with van der Waals surface area (Å²) in [5.74, 6) is 0.346. The van der Waals surface area contributed by atoms with E-state index in [0.717, 1.165) is 36.7 Å². The number of aliphatic hydroxyl groups excluding tert-OH is 1. The van der Waals surface area contributed by atoms with E-state index in [1.165, 1.54) is 6.07 Å². The molecule has 1 aromatic rings. The van der Waals surface area contributed by atoms with Crippen molar-refractivity contribution in [2.75, 3.05) is 6.54 Å². The van der Waals surface area contributed by atoms with Crippen LogP contribution in [0, 0.1) is 11.7 Å². The van der Waals surface area contributed by atoms with Gasteiger partial charge in [-0.1, -0.05) is 22.4 Å². The van der Waals surface area contributed by atoms with Crippen molar-refractivity contribution >= 4 is 15.9 Å². The van der Waals surface area contributed by atoms with Crippen LogP contribution in [-0.2, 0) is 6.54 Å². The van der Waals surface area contributed by atoms with Crippen LogP contribution in [0.1, 0.15) is 31.2 Å². The van der Waals surface area contributed by atoms with Gasteiger partial charge in [-0.25, -0.2) is 4.39 Å². The van der Waals surface area contributed by atoms with Gasteiger partial charge in [0.1, 0.15) is 5.82 Å². The highest BCUT2D eigenvalue weighted by atomic mass is 79.9. The quantitative estimate of drug-likeness (QED) is 0.894. The zero-order valence-corrected chi connectivity index (χ0v) is 11.9. The Morgan fingerprint density at radius 1 is 1.39 bits per heavy atom. The van der Waals surface area contributed by atoms with Crippen molar-refractivity contribution in [2.24, 2.45) is 5.92 Å². The molecule has 0 spiro atoms. The summed E-state index contributed by atoms with van der Waals surface area (Å²) < 4.78 is 14.4. The maximum Gasteiger partial charge on any atom is 0.127 e. The van der Waals surface area contributed by atoms with Gasteiger partial charge >= 0.3 is 0 Å². The number of hydrogen-bond donors (Lipinski definition) is 2. The van der Waals surface area contributed by atoms with Crippen LogP contribution >= 0.6 is 15.9 Å². The van der Waals surface area contributed by atoms with E-state index in [1.54, 1.807) is 12.1 Å². The summed E-state index contributed by atoms with van der Waals surface area (Å²) in [4.78, 5) is 0. The van der Waals surface area contributed by atoms with Gasteiger partial charge in [-0.15, -0.1) is 0 Å². The fourth-order valence-corrected chi connectivity index (χ4v) is 2.95. The number of rotatable bonds is 4. The second-order valence-electron chi connectivity index (χ2n) is 5.05. The Labute approximate surface area is 116 Å². The molecule has 2 atom stereocenters. The average Bonchev–Trinajstić information content (AvgIpc) is 2.34. The largest absolute Gasteiger partial charge is 0.393 e. The Bertz CT molecular complexity index is 399. The SMILES string of the molecule is OC1CCCC(CNCc2cc(Br)ccc2F)C1. The van der Waals surface area contributed by atoms with Gasteiger partial charge < -0.3 is 10.4 Å². The van der Waals surface area contributed by atoms with Crippen molar-refractivity contribution in [1.29, 1.82) is 0 Å². The molecule has 0 radical (unpaired) electrons. The molecule has 0 aliphatic heterocycles. The molecular formula is C14H19BrFNO. The standard InChI is InChI=1S/C14H19BrFNO/c15-12-4-5-14(16)11(7-12)9-17-8-10-2-1-3-13(18)6-10/h4-5,7,10,13,17-18H,1-3,6,8-9H2. The van der Waals surface area contributed by atoms with Crippen LogP contribution in [-0.4, -0.2) is 17.8 Å². The molecule has 2 rings (SSSR count). The fourth-order valence-electron chi connectivity index (χ4n) is 2.54. The van der Waals surface area contributed by atoms with E-state index in [9.17, 15) is 9.50 Å². The summed E-state index contributed by atoms with van der Waals surface area (Å²) in [6.45, 7) is 1.39. The van der Waals surface area contributed by atoms with Crippen molar-refractivity contribution in [1.82, 2.24) is 5.32 Å². The lowest BCUT2D eigenvalue weighted by Crippen LogP contribution is -2.29. The molecule has 0 saturated heterocycles. The summed E-state index contributed by atoms with van der Waals surface area (Å²) in [5, 5.41) is 12.9. The molecule has 1 aliphatic carbocycles. The number of hydrogen-bond acceptors (Lipinski definition) is 2. The van der Waals surface area contributed by atoms with Crippen LogP contribution in [0.25, 0.3) is 0 Å². The molecule has 100 valence electrons. The highest BCUT2D eigenvalue weighted by Crippen LogP contribution is 2.23. The predicted molar refractivity (Wildman–Crippen MR) is 73.8 cm³/mol. The fraction of sp³-hybridized carbons (Fsp3) is 0.571. The molecule has 1 saturated carbocycles. The normalized spacial score (nSPS) is 24.2. The van der Waals surface area contributed by atoms with Crippen LogP contribution in [0.3, 0.4) is 0 Å². The number of nitrogens with one attached hydrogen (secondary N) is 1. The summed E-state index contributed by atoms with van der Waals surface area (Å²) in [7, 11) is 0. The van der Waals surface area contributed by atoms with Crippen molar-refractivity contribution in [3.8, 4) is 0 Å². The van der Waals surface area contributed by atoms with Gasteiger partial charge in [0.05, 0.1) is 6.10 Å². The molecule has 18 heavy (non-hydrogen) atoms.